The van der Waals surface area contributed by atoms with E-state index < -0.39 is 0 Å². The van der Waals surface area contributed by atoms with E-state index in [0.717, 1.165) is 39.7 Å². The van der Waals surface area contributed by atoms with Gasteiger partial charge in [-0.1, -0.05) is 158 Å². The quantitative estimate of drug-likeness (QED) is 0.187. The molecule has 0 radical (unpaired) electrons. The first-order valence-electron chi connectivity index (χ1n) is 18.3. The molecule has 2 heteroatoms. The van der Waals surface area contributed by atoms with Crippen molar-refractivity contribution in [2.24, 2.45) is 5.92 Å². The van der Waals surface area contributed by atoms with Crippen molar-refractivity contribution in [1.29, 1.82) is 0 Å². The zero-order chi connectivity index (χ0) is 34.2. The Morgan fingerprint density at radius 1 is 0.596 bits per heavy atom. The van der Waals surface area contributed by atoms with Gasteiger partial charge in [0.25, 0.3) is 0 Å². The van der Waals surface area contributed by atoms with E-state index in [1.807, 2.05) is 6.07 Å². The van der Waals surface area contributed by atoms with Crippen molar-refractivity contribution in [3.05, 3.63) is 214 Å². The van der Waals surface area contributed by atoms with Crippen molar-refractivity contribution in [2.45, 2.75) is 18.4 Å². The summed E-state index contributed by atoms with van der Waals surface area (Å²) in [5.41, 5.74) is 14.3. The average molecular weight is 667 g/mol. The first-order chi connectivity index (χ1) is 25.8. The van der Waals surface area contributed by atoms with Crippen LogP contribution in [0.1, 0.15) is 34.6 Å². The SMILES string of the molecule is C1=CC2Oc3c(ccc4c3=C(c3cccc(-c5ccccc5)c3)C3CC=C(c5cccc6c5oc5ccccc56)C=C3C=4c3ccccc3)C2C=C1. The van der Waals surface area contributed by atoms with Gasteiger partial charge in [-0.05, 0) is 74.4 Å². The zero-order valence-corrected chi connectivity index (χ0v) is 28.5. The van der Waals surface area contributed by atoms with Crippen LogP contribution in [0.2, 0.25) is 0 Å². The van der Waals surface area contributed by atoms with E-state index in [4.69, 9.17) is 9.15 Å². The molecule has 0 N–H and O–H groups in total. The minimum absolute atomic E-state index is 0.00247. The lowest BCUT2D eigenvalue weighted by atomic mass is 9.70. The highest BCUT2D eigenvalue weighted by Gasteiger charge is 2.38. The van der Waals surface area contributed by atoms with Crippen LogP contribution in [0.15, 0.2) is 186 Å². The molecule has 7 aromatic rings. The summed E-state index contributed by atoms with van der Waals surface area (Å²) < 4.78 is 13.6. The molecule has 0 bridgehead atoms. The van der Waals surface area contributed by atoms with Crippen molar-refractivity contribution in [1.82, 2.24) is 0 Å². The highest BCUT2D eigenvalue weighted by atomic mass is 16.5. The summed E-state index contributed by atoms with van der Waals surface area (Å²) in [5.74, 6) is 1.36. The molecule has 2 nitrogen and oxygen atoms in total. The van der Waals surface area contributed by atoms with Crippen molar-refractivity contribution < 1.29 is 9.15 Å². The molecule has 0 fully saturated rings. The minimum atomic E-state index is 0.00247. The fourth-order valence-corrected chi connectivity index (χ4v) is 9.06. The van der Waals surface area contributed by atoms with Gasteiger partial charge in [-0.2, -0.15) is 0 Å². The third-order valence-electron chi connectivity index (χ3n) is 11.4. The maximum atomic E-state index is 6.99. The summed E-state index contributed by atoms with van der Waals surface area (Å²) >= 11 is 0. The zero-order valence-electron chi connectivity index (χ0n) is 28.5. The number of ether oxygens (including phenoxy) is 1. The Kier molecular flexibility index (Phi) is 6.54. The molecular formula is C50H34O2. The van der Waals surface area contributed by atoms with Crippen molar-refractivity contribution in [2.75, 3.05) is 0 Å². The van der Waals surface area contributed by atoms with Crippen molar-refractivity contribution in [3.63, 3.8) is 0 Å². The van der Waals surface area contributed by atoms with E-state index in [1.54, 1.807) is 0 Å². The third kappa shape index (κ3) is 4.44. The number of fused-ring (bicyclic) bond motifs is 9. The van der Waals surface area contributed by atoms with Crippen LogP contribution in [-0.4, -0.2) is 6.10 Å². The van der Waals surface area contributed by atoms with Crippen LogP contribution in [0, 0.1) is 5.92 Å². The number of hydrogen-bond acceptors (Lipinski definition) is 2. The third-order valence-corrected chi connectivity index (χ3v) is 11.4. The largest absolute Gasteiger partial charge is 0.484 e. The van der Waals surface area contributed by atoms with E-state index in [0.29, 0.717) is 0 Å². The molecule has 6 aromatic carbocycles. The Balaban J connectivity index is 1.21. The Bertz CT molecular complexity index is 2850. The summed E-state index contributed by atoms with van der Waals surface area (Å²) in [7, 11) is 0. The van der Waals surface area contributed by atoms with Gasteiger partial charge >= 0.3 is 0 Å². The molecule has 2 heterocycles. The van der Waals surface area contributed by atoms with E-state index in [2.05, 4.69) is 170 Å². The van der Waals surface area contributed by atoms with Crippen LogP contribution in [0.4, 0.5) is 0 Å². The topological polar surface area (TPSA) is 22.4 Å². The van der Waals surface area contributed by atoms with Gasteiger partial charge in [-0.3, -0.25) is 0 Å². The number of allylic oxidation sites excluding steroid dienone is 6. The van der Waals surface area contributed by atoms with Crippen molar-refractivity contribution in [3.8, 4) is 16.9 Å². The molecule has 3 atom stereocenters. The minimum Gasteiger partial charge on any atom is -0.484 e. The molecule has 0 spiro atoms. The molecule has 52 heavy (non-hydrogen) atoms. The monoisotopic (exact) mass is 666 g/mol. The molecule has 1 aliphatic heterocycles. The van der Waals surface area contributed by atoms with Gasteiger partial charge in [0.2, 0.25) is 0 Å². The number of rotatable bonds is 4. The second-order valence-corrected chi connectivity index (χ2v) is 14.2. The van der Waals surface area contributed by atoms with Crippen molar-refractivity contribution >= 4 is 38.7 Å². The lowest BCUT2D eigenvalue weighted by molar-refractivity contribution is 0.267. The maximum absolute atomic E-state index is 6.99. The predicted molar refractivity (Wildman–Crippen MR) is 212 cm³/mol. The fourth-order valence-electron chi connectivity index (χ4n) is 9.06. The lowest BCUT2D eigenvalue weighted by Crippen LogP contribution is -2.39. The number of para-hydroxylation sites is 2. The standard InChI is InChI=1S/C50H34O2/c1-3-13-31(14-4-1)33-17-11-18-35(29-33)47-39-26-25-34(36-21-12-22-40-37-19-7-9-23-44(37)51-49(36)40)30-43(39)46(32-15-5-2-6-16-32)42-28-27-41-38-20-8-10-24-45(38)52-50(41)48(42)47/h1-25,27-30,38-39,45H,26H2. The van der Waals surface area contributed by atoms with Crippen LogP contribution in [0.25, 0.3) is 49.8 Å². The normalized spacial score (nSPS) is 19.8. The summed E-state index contributed by atoms with van der Waals surface area (Å²) in [5, 5.41) is 4.76. The summed E-state index contributed by atoms with van der Waals surface area (Å²) in [6.07, 6.45) is 14.5. The van der Waals surface area contributed by atoms with Gasteiger partial charge in [0.1, 0.15) is 23.0 Å². The summed E-state index contributed by atoms with van der Waals surface area (Å²) in [4.78, 5) is 0. The molecule has 0 saturated heterocycles. The first-order valence-corrected chi connectivity index (χ1v) is 18.3. The van der Waals surface area contributed by atoms with Gasteiger partial charge < -0.3 is 9.15 Å². The molecular weight excluding hydrogens is 633 g/mol. The van der Waals surface area contributed by atoms with Gasteiger partial charge in [-0.25, -0.2) is 0 Å². The Morgan fingerprint density at radius 2 is 1.33 bits per heavy atom. The van der Waals surface area contributed by atoms with E-state index >= 15 is 0 Å². The number of hydrogen-bond donors (Lipinski definition) is 0. The Labute approximate surface area is 302 Å². The molecule has 11 rings (SSSR count). The Morgan fingerprint density at radius 3 is 2.21 bits per heavy atom. The van der Waals surface area contributed by atoms with Crippen LogP contribution >= 0.6 is 0 Å². The van der Waals surface area contributed by atoms with Gasteiger partial charge in [0.15, 0.2) is 0 Å². The highest BCUT2D eigenvalue weighted by Crippen LogP contribution is 2.47. The second-order valence-electron chi connectivity index (χ2n) is 14.2. The molecule has 246 valence electrons. The number of furan rings is 1. The van der Waals surface area contributed by atoms with Gasteiger partial charge in [0, 0.05) is 39.0 Å². The average Bonchev–Trinajstić information content (AvgIpc) is 3.79. The molecule has 3 unspecified atom stereocenters. The molecule has 1 aromatic heterocycles. The summed E-state index contributed by atoms with van der Waals surface area (Å²) in [6, 6.07) is 50.4. The maximum Gasteiger partial charge on any atom is 0.143 e. The molecule has 4 aliphatic rings. The van der Waals surface area contributed by atoms with Crippen LogP contribution in [-0.2, 0) is 0 Å². The molecule has 3 aliphatic carbocycles. The van der Waals surface area contributed by atoms with Crippen LogP contribution in [0.3, 0.4) is 0 Å². The van der Waals surface area contributed by atoms with Crippen LogP contribution in [0.5, 0.6) is 5.75 Å². The number of benzene rings is 6. The lowest BCUT2D eigenvalue weighted by Gasteiger charge is -2.33. The van der Waals surface area contributed by atoms with E-state index in [-0.39, 0.29) is 17.9 Å². The van der Waals surface area contributed by atoms with Gasteiger partial charge in [0.05, 0.1) is 0 Å². The Hall–Kier alpha value is -6.38. The molecule has 0 amide bonds. The second kappa shape index (κ2) is 11.6. The smallest absolute Gasteiger partial charge is 0.143 e. The van der Waals surface area contributed by atoms with Gasteiger partial charge in [-0.15, -0.1) is 0 Å². The first kappa shape index (κ1) is 29.4. The van der Waals surface area contributed by atoms with E-state index in [9.17, 15) is 0 Å². The fraction of sp³-hybridized carbons (Fsp3) is 0.0800. The summed E-state index contributed by atoms with van der Waals surface area (Å²) in [6.45, 7) is 0. The highest BCUT2D eigenvalue weighted by molar-refractivity contribution is 6.09. The van der Waals surface area contributed by atoms with E-state index in [1.165, 1.54) is 60.5 Å². The predicted octanol–water partition coefficient (Wildman–Crippen LogP) is 10.7. The van der Waals surface area contributed by atoms with Crippen LogP contribution < -0.4 is 15.2 Å². The molecule has 0 saturated carbocycles.